The van der Waals surface area contributed by atoms with Crippen molar-refractivity contribution >= 4 is 33.8 Å². The zero-order valence-electron chi connectivity index (χ0n) is 22.4. The number of anilines is 3. The fraction of sp³-hybridized carbons (Fsp3) is 0.129. The predicted molar refractivity (Wildman–Crippen MR) is 160 cm³/mol. The summed E-state index contributed by atoms with van der Waals surface area (Å²) in [5.41, 5.74) is 3.77. The molecule has 0 amide bonds. The molecule has 0 saturated heterocycles. The Labute approximate surface area is 241 Å². The first kappa shape index (κ1) is 27.5. The quantitative estimate of drug-likeness (QED) is 0.142. The van der Waals surface area contributed by atoms with Crippen LogP contribution in [0.25, 0.3) is 10.6 Å². The minimum atomic E-state index is -1.01. The number of nitrogens with zero attached hydrogens (tertiary/aromatic N) is 2. The molecular weight excluding hydrogens is 540 g/mol. The molecular formula is C31H28N4O5S. The lowest BCUT2D eigenvalue weighted by atomic mass is 10.1. The SMILES string of the molecule is COc1cccc(Oc2cccc(-c3nnc(Nc4cccc(C(C)Nc5ccc(OCC(=O)O)cc5)c4)s3)c2)c1. The van der Waals surface area contributed by atoms with Crippen LogP contribution in [0.2, 0.25) is 0 Å². The zero-order chi connectivity index (χ0) is 28.6. The van der Waals surface area contributed by atoms with Gasteiger partial charge in [0, 0.05) is 29.0 Å². The molecule has 0 fully saturated rings. The lowest BCUT2D eigenvalue weighted by molar-refractivity contribution is -0.139. The summed E-state index contributed by atoms with van der Waals surface area (Å²) < 4.78 is 16.5. The molecule has 0 radical (unpaired) electrons. The van der Waals surface area contributed by atoms with E-state index in [1.165, 1.54) is 11.3 Å². The zero-order valence-corrected chi connectivity index (χ0v) is 23.2. The van der Waals surface area contributed by atoms with Crippen molar-refractivity contribution in [2.45, 2.75) is 13.0 Å². The standard InChI is InChI=1S/C31H28N4O5S/c1-20(32-23-12-14-25(15-13-23)39-19-29(36)37)21-6-3-8-24(16-21)33-31-35-34-30(41-31)22-7-4-10-27(17-22)40-28-11-5-9-26(18-28)38-2/h3-18,20,32H,19H2,1-2H3,(H,33,35)(H,36,37). The second kappa shape index (κ2) is 12.8. The third kappa shape index (κ3) is 7.52. The van der Waals surface area contributed by atoms with E-state index in [-0.39, 0.29) is 12.6 Å². The van der Waals surface area contributed by atoms with Gasteiger partial charge in [0.05, 0.1) is 7.11 Å². The largest absolute Gasteiger partial charge is 0.497 e. The highest BCUT2D eigenvalue weighted by Crippen LogP contribution is 2.33. The van der Waals surface area contributed by atoms with Gasteiger partial charge in [-0.15, -0.1) is 10.2 Å². The van der Waals surface area contributed by atoms with Crippen LogP contribution in [0.3, 0.4) is 0 Å². The summed E-state index contributed by atoms with van der Waals surface area (Å²) in [5, 5.41) is 25.7. The predicted octanol–water partition coefficient (Wildman–Crippen LogP) is 7.39. The molecule has 0 saturated carbocycles. The number of methoxy groups -OCH3 is 1. The van der Waals surface area contributed by atoms with E-state index >= 15 is 0 Å². The molecule has 5 rings (SSSR count). The molecule has 1 aromatic heterocycles. The highest BCUT2D eigenvalue weighted by Gasteiger charge is 2.11. The fourth-order valence-corrected chi connectivity index (χ4v) is 4.78. The highest BCUT2D eigenvalue weighted by molar-refractivity contribution is 7.18. The Kier molecular flexibility index (Phi) is 8.61. The van der Waals surface area contributed by atoms with Crippen LogP contribution in [0.5, 0.6) is 23.0 Å². The number of hydrogen-bond donors (Lipinski definition) is 3. The maximum Gasteiger partial charge on any atom is 0.341 e. The van der Waals surface area contributed by atoms with Crippen molar-refractivity contribution < 1.29 is 24.1 Å². The molecule has 0 aliphatic rings. The highest BCUT2D eigenvalue weighted by atomic mass is 32.1. The number of nitrogens with one attached hydrogen (secondary N) is 2. The van der Waals surface area contributed by atoms with E-state index in [0.29, 0.717) is 22.4 Å². The number of hydrogen-bond acceptors (Lipinski definition) is 9. The molecule has 208 valence electrons. The number of rotatable bonds is 12. The summed E-state index contributed by atoms with van der Waals surface area (Å²) >= 11 is 1.45. The van der Waals surface area contributed by atoms with Crippen LogP contribution in [0.4, 0.5) is 16.5 Å². The summed E-state index contributed by atoms with van der Waals surface area (Å²) in [6.45, 7) is 1.70. The van der Waals surface area contributed by atoms with E-state index in [9.17, 15) is 4.79 Å². The Hall–Kier alpha value is -5.09. The Balaban J connectivity index is 1.22. The summed E-state index contributed by atoms with van der Waals surface area (Å²) in [5.74, 6) is 1.60. The van der Waals surface area contributed by atoms with E-state index < -0.39 is 5.97 Å². The van der Waals surface area contributed by atoms with Gasteiger partial charge < -0.3 is 30.0 Å². The van der Waals surface area contributed by atoms with Gasteiger partial charge in [-0.1, -0.05) is 41.7 Å². The molecule has 0 aliphatic heterocycles. The Morgan fingerprint density at radius 1 is 0.854 bits per heavy atom. The molecule has 4 aromatic carbocycles. The maximum atomic E-state index is 10.7. The first-order valence-electron chi connectivity index (χ1n) is 12.8. The van der Waals surface area contributed by atoms with Gasteiger partial charge in [0.25, 0.3) is 0 Å². The van der Waals surface area contributed by atoms with E-state index in [0.717, 1.165) is 33.3 Å². The summed E-state index contributed by atoms with van der Waals surface area (Å²) in [7, 11) is 1.62. The van der Waals surface area contributed by atoms with Gasteiger partial charge in [0.1, 0.15) is 28.0 Å². The Morgan fingerprint density at radius 2 is 1.59 bits per heavy atom. The molecule has 3 N–H and O–H groups in total. The minimum absolute atomic E-state index is 0.0137. The third-order valence-electron chi connectivity index (χ3n) is 6.02. The molecule has 1 heterocycles. The number of ether oxygens (including phenoxy) is 3. The molecule has 5 aromatic rings. The fourth-order valence-electron chi connectivity index (χ4n) is 4.02. The summed E-state index contributed by atoms with van der Waals surface area (Å²) in [6, 6.07) is 30.5. The van der Waals surface area contributed by atoms with Crippen molar-refractivity contribution in [3.05, 3.63) is 103 Å². The molecule has 41 heavy (non-hydrogen) atoms. The monoisotopic (exact) mass is 568 g/mol. The normalized spacial score (nSPS) is 11.4. The average molecular weight is 569 g/mol. The van der Waals surface area contributed by atoms with Crippen molar-refractivity contribution in [1.29, 1.82) is 0 Å². The van der Waals surface area contributed by atoms with E-state index in [1.807, 2.05) is 78.9 Å². The van der Waals surface area contributed by atoms with Gasteiger partial charge >= 0.3 is 5.97 Å². The molecule has 0 bridgehead atoms. The van der Waals surface area contributed by atoms with Crippen molar-refractivity contribution in [2.75, 3.05) is 24.4 Å². The van der Waals surface area contributed by atoms with Gasteiger partial charge in [0.2, 0.25) is 5.13 Å². The van der Waals surface area contributed by atoms with Gasteiger partial charge in [-0.25, -0.2) is 4.79 Å². The summed E-state index contributed by atoms with van der Waals surface area (Å²) in [6.07, 6.45) is 0. The third-order valence-corrected chi connectivity index (χ3v) is 6.91. The van der Waals surface area contributed by atoms with E-state index in [1.54, 1.807) is 19.2 Å². The topological polar surface area (TPSA) is 115 Å². The van der Waals surface area contributed by atoms with Gasteiger partial charge in [0.15, 0.2) is 6.61 Å². The van der Waals surface area contributed by atoms with Gasteiger partial charge in [-0.2, -0.15) is 0 Å². The lowest BCUT2D eigenvalue weighted by Gasteiger charge is -2.17. The van der Waals surface area contributed by atoms with Crippen LogP contribution >= 0.6 is 11.3 Å². The molecule has 1 unspecified atom stereocenters. The molecule has 0 aliphatic carbocycles. The van der Waals surface area contributed by atoms with Crippen LogP contribution in [0, 0.1) is 0 Å². The molecule has 1 atom stereocenters. The van der Waals surface area contributed by atoms with Crippen LogP contribution in [0.1, 0.15) is 18.5 Å². The Morgan fingerprint density at radius 3 is 2.37 bits per heavy atom. The van der Waals surface area contributed by atoms with Crippen LogP contribution in [-0.4, -0.2) is 35.0 Å². The van der Waals surface area contributed by atoms with Crippen molar-refractivity contribution in [2.24, 2.45) is 0 Å². The van der Waals surface area contributed by atoms with Crippen molar-refractivity contribution in [3.63, 3.8) is 0 Å². The molecule has 0 spiro atoms. The van der Waals surface area contributed by atoms with Crippen LogP contribution < -0.4 is 24.8 Å². The van der Waals surface area contributed by atoms with Gasteiger partial charge in [-0.05, 0) is 73.2 Å². The van der Waals surface area contributed by atoms with Crippen LogP contribution in [-0.2, 0) is 4.79 Å². The lowest BCUT2D eigenvalue weighted by Crippen LogP contribution is -2.09. The van der Waals surface area contributed by atoms with Crippen molar-refractivity contribution in [1.82, 2.24) is 10.2 Å². The number of carbonyl (C=O) groups is 1. The Bertz CT molecular complexity index is 1620. The second-order valence-electron chi connectivity index (χ2n) is 9.04. The number of carboxylic acids is 1. The number of carboxylic acid groups (broad SMARTS) is 1. The second-order valence-corrected chi connectivity index (χ2v) is 10.0. The van der Waals surface area contributed by atoms with Crippen LogP contribution in [0.15, 0.2) is 97.1 Å². The first-order chi connectivity index (χ1) is 19.9. The minimum Gasteiger partial charge on any atom is -0.497 e. The van der Waals surface area contributed by atoms with Crippen molar-refractivity contribution in [3.8, 4) is 33.6 Å². The smallest absolute Gasteiger partial charge is 0.341 e. The number of aromatic nitrogens is 2. The molecule has 10 heteroatoms. The van der Waals surface area contributed by atoms with E-state index in [2.05, 4.69) is 33.8 Å². The van der Waals surface area contributed by atoms with E-state index in [4.69, 9.17) is 19.3 Å². The van der Waals surface area contributed by atoms with Gasteiger partial charge in [-0.3, -0.25) is 0 Å². The molecule has 9 nitrogen and oxygen atoms in total. The number of aliphatic carboxylic acids is 1. The maximum absolute atomic E-state index is 10.7. The summed E-state index contributed by atoms with van der Waals surface area (Å²) in [4.78, 5) is 10.7. The average Bonchev–Trinajstić information content (AvgIpc) is 3.45. The number of benzene rings is 4. The first-order valence-corrected chi connectivity index (χ1v) is 13.6.